The maximum atomic E-state index is 13.2. The predicted octanol–water partition coefficient (Wildman–Crippen LogP) is 4.77. The van der Waals surface area contributed by atoms with Gasteiger partial charge in [0.2, 0.25) is 0 Å². The lowest BCUT2D eigenvalue weighted by molar-refractivity contribution is -0.137. The molecule has 2 amide bonds. The minimum absolute atomic E-state index is 0.0408. The van der Waals surface area contributed by atoms with E-state index >= 15 is 0 Å². The number of thioether (sulfide) groups is 1. The SMILES string of the molecule is CCCOc1ccc(C2=C(Sc3ccccc3)C(=O)N(CCOC(C)C)C2=O)cc1. The van der Waals surface area contributed by atoms with E-state index in [4.69, 9.17) is 9.47 Å². The number of rotatable bonds is 10. The van der Waals surface area contributed by atoms with Gasteiger partial charge in [-0.15, -0.1) is 0 Å². The summed E-state index contributed by atoms with van der Waals surface area (Å²) in [6, 6.07) is 17.0. The van der Waals surface area contributed by atoms with Crippen molar-refractivity contribution in [1.82, 2.24) is 4.90 Å². The second kappa shape index (κ2) is 10.5. The number of ether oxygens (including phenoxy) is 2. The molecular formula is C24H27NO4S. The van der Waals surface area contributed by atoms with Crippen LogP contribution in [-0.4, -0.2) is 42.6 Å². The number of carbonyl (C=O) groups is 2. The molecule has 0 aromatic heterocycles. The summed E-state index contributed by atoms with van der Waals surface area (Å²) in [5.41, 5.74) is 1.14. The lowest BCUT2D eigenvalue weighted by Crippen LogP contribution is -2.35. The third kappa shape index (κ3) is 5.32. The summed E-state index contributed by atoms with van der Waals surface area (Å²) in [5, 5.41) is 0. The molecule has 3 rings (SSSR count). The van der Waals surface area contributed by atoms with Crippen molar-refractivity contribution in [2.45, 2.75) is 38.2 Å². The lowest BCUT2D eigenvalue weighted by atomic mass is 10.1. The topological polar surface area (TPSA) is 55.8 Å². The van der Waals surface area contributed by atoms with E-state index in [0.717, 1.165) is 17.1 Å². The van der Waals surface area contributed by atoms with Crippen molar-refractivity contribution in [3.63, 3.8) is 0 Å². The van der Waals surface area contributed by atoms with Gasteiger partial charge in [-0.25, -0.2) is 0 Å². The zero-order valence-corrected chi connectivity index (χ0v) is 18.4. The first-order valence-corrected chi connectivity index (χ1v) is 11.0. The smallest absolute Gasteiger partial charge is 0.268 e. The molecule has 0 N–H and O–H groups in total. The van der Waals surface area contributed by atoms with E-state index in [1.54, 1.807) is 0 Å². The van der Waals surface area contributed by atoms with Crippen LogP contribution in [0.4, 0.5) is 0 Å². The number of hydrogen-bond donors (Lipinski definition) is 0. The van der Waals surface area contributed by atoms with Gasteiger partial charge in [-0.3, -0.25) is 14.5 Å². The first-order valence-electron chi connectivity index (χ1n) is 10.2. The van der Waals surface area contributed by atoms with Crippen molar-refractivity contribution in [3.05, 3.63) is 65.1 Å². The number of carbonyl (C=O) groups excluding carboxylic acids is 2. The van der Waals surface area contributed by atoms with E-state index in [0.29, 0.717) is 29.3 Å². The largest absolute Gasteiger partial charge is 0.494 e. The predicted molar refractivity (Wildman–Crippen MR) is 119 cm³/mol. The van der Waals surface area contributed by atoms with Crippen LogP contribution in [0.3, 0.4) is 0 Å². The molecule has 5 nitrogen and oxygen atoms in total. The molecule has 2 aromatic carbocycles. The van der Waals surface area contributed by atoms with Crippen molar-refractivity contribution < 1.29 is 19.1 Å². The highest BCUT2D eigenvalue weighted by molar-refractivity contribution is 8.04. The molecule has 30 heavy (non-hydrogen) atoms. The fourth-order valence-electron chi connectivity index (χ4n) is 3.03. The van der Waals surface area contributed by atoms with Gasteiger partial charge in [0.1, 0.15) is 5.75 Å². The molecule has 0 bridgehead atoms. The highest BCUT2D eigenvalue weighted by Gasteiger charge is 2.39. The zero-order valence-electron chi connectivity index (χ0n) is 17.6. The highest BCUT2D eigenvalue weighted by atomic mass is 32.2. The molecule has 0 fully saturated rings. The summed E-state index contributed by atoms with van der Waals surface area (Å²) < 4.78 is 11.2. The van der Waals surface area contributed by atoms with Gasteiger partial charge < -0.3 is 9.47 Å². The minimum atomic E-state index is -0.284. The van der Waals surface area contributed by atoms with Gasteiger partial charge in [-0.1, -0.05) is 49.0 Å². The van der Waals surface area contributed by atoms with E-state index in [9.17, 15) is 9.59 Å². The Hall–Kier alpha value is -2.57. The van der Waals surface area contributed by atoms with Crippen LogP contribution in [-0.2, 0) is 14.3 Å². The Morgan fingerprint density at radius 3 is 2.27 bits per heavy atom. The molecule has 0 spiro atoms. The molecule has 0 atom stereocenters. The molecular weight excluding hydrogens is 398 g/mol. The van der Waals surface area contributed by atoms with Gasteiger partial charge in [0.25, 0.3) is 11.8 Å². The van der Waals surface area contributed by atoms with Crippen molar-refractivity contribution in [2.75, 3.05) is 19.8 Å². The number of amides is 2. The van der Waals surface area contributed by atoms with Crippen LogP contribution >= 0.6 is 11.8 Å². The summed E-state index contributed by atoms with van der Waals surface area (Å²) in [5.74, 6) is 0.188. The van der Waals surface area contributed by atoms with Crippen molar-refractivity contribution in [2.24, 2.45) is 0 Å². The first kappa shape index (κ1) is 22.1. The van der Waals surface area contributed by atoms with E-state index in [1.807, 2.05) is 75.4 Å². The van der Waals surface area contributed by atoms with Gasteiger partial charge in [0.15, 0.2) is 0 Å². The van der Waals surface area contributed by atoms with Crippen LogP contribution in [0.2, 0.25) is 0 Å². The normalized spacial score (nSPS) is 14.2. The molecule has 1 heterocycles. The number of hydrogen-bond acceptors (Lipinski definition) is 5. The molecule has 2 aromatic rings. The minimum Gasteiger partial charge on any atom is -0.494 e. The third-order valence-corrected chi connectivity index (χ3v) is 5.56. The summed E-state index contributed by atoms with van der Waals surface area (Å²) >= 11 is 1.32. The maximum Gasteiger partial charge on any atom is 0.268 e. The molecule has 0 radical (unpaired) electrons. The molecule has 0 aliphatic carbocycles. The molecule has 1 aliphatic rings. The van der Waals surface area contributed by atoms with E-state index in [2.05, 4.69) is 0 Å². The van der Waals surface area contributed by atoms with Crippen LogP contribution in [0.15, 0.2) is 64.4 Å². The average Bonchev–Trinajstić information content (AvgIpc) is 2.97. The molecule has 158 valence electrons. The lowest BCUT2D eigenvalue weighted by Gasteiger charge is -2.16. The number of nitrogens with zero attached hydrogens (tertiary/aromatic N) is 1. The van der Waals surface area contributed by atoms with Crippen LogP contribution in [0.1, 0.15) is 32.8 Å². The van der Waals surface area contributed by atoms with Crippen LogP contribution < -0.4 is 4.74 Å². The maximum absolute atomic E-state index is 13.2. The summed E-state index contributed by atoms with van der Waals surface area (Å²) in [6.45, 7) is 7.09. The van der Waals surface area contributed by atoms with Crippen LogP contribution in [0.5, 0.6) is 5.75 Å². The Morgan fingerprint density at radius 2 is 1.63 bits per heavy atom. The molecule has 0 saturated heterocycles. The molecule has 0 saturated carbocycles. The summed E-state index contributed by atoms with van der Waals surface area (Å²) in [4.78, 5) is 29.0. The van der Waals surface area contributed by atoms with Crippen molar-refractivity contribution in [1.29, 1.82) is 0 Å². The van der Waals surface area contributed by atoms with E-state index in [-0.39, 0.29) is 24.5 Å². The Labute approximate surface area is 182 Å². The van der Waals surface area contributed by atoms with Crippen LogP contribution in [0.25, 0.3) is 5.57 Å². The average molecular weight is 426 g/mol. The Kier molecular flexibility index (Phi) is 7.71. The van der Waals surface area contributed by atoms with Gasteiger partial charge in [0, 0.05) is 4.90 Å². The number of benzene rings is 2. The summed E-state index contributed by atoms with van der Waals surface area (Å²) in [6.07, 6.45) is 0.963. The Bertz CT molecular complexity index is 907. The molecule has 1 aliphatic heterocycles. The summed E-state index contributed by atoms with van der Waals surface area (Å²) in [7, 11) is 0. The van der Waals surface area contributed by atoms with Gasteiger partial charge in [0.05, 0.1) is 36.3 Å². The van der Waals surface area contributed by atoms with Crippen LogP contribution in [0, 0.1) is 0 Å². The fraction of sp³-hybridized carbons (Fsp3) is 0.333. The molecule has 0 unspecified atom stereocenters. The highest BCUT2D eigenvalue weighted by Crippen LogP contribution is 2.39. The second-order valence-electron chi connectivity index (χ2n) is 7.17. The monoisotopic (exact) mass is 425 g/mol. The van der Waals surface area contributed by atoms with Gasteiger partial charge in [-0.2, -0.15) is 0 Å². The molecule has 6 heteroatoms. The van der Waals surface area contributed by atoms with Gasteiger partial charge in [-0.05, 0) is 50.1 Å². The Balaban J connectivity index is 1.90. The third-order valence-electron chi connectivity index (χ3n) is 4.47. The first-order chi connectivity index (χ1) is 14.5. The fourth-order valence-corrected chi connectivity index (χ4v) is 4.06. The second-order valence-corrected chi connectivity index (χ2v) is 8.26. The van der Waals surface area contributed by atoms with Crippen molar-refractivity contribution >= 4 is 29.1 Å². The van der Waals surface area contributed by atoms with Crippen molar-refractivity contribution in [3.8, 4) is 5.75 Å². The quantitative estimate of drug-likeness (QED) is 0.513. The van der Waals surface area contributed by atoms with E-state index < -0.39 is 0 Å². The number of imide groups is 1. The standard InChI is InChI=1S/C24H27NO4S/c1-4-15-29-19-12-10-18(11-13-19)21-22(30-20-8-6-5-7-9-20)24(27)25(23(21)26)14-16-28-17(2)3/h5-13,17H,4,14-16H2,1-3H3. The Morgan fingerprint density at radius 1 is 0.933 bits per heavy atom. The zero-order chi connectivity index (χ0) is 21.5. The van der Waals surface area contributed by atoms with E-state index in [1.165, 1.54) is 16.7 Å². The van der Waals surface area contributed by atoms with Gasteiger partial charge >= 0.3 is 0 Å².